The van der Waals surface area contributed by atoms with Crippen molar-refractivity contribution in [2.24, 2.45) is 5.73 Å². The summed E-state index contributed by atoms with van der Waals surface area (Å²) in [7, 11) is 0. The maximum atomic E-state index is 12.4. The monoisotopic (exact) mass is 345 g/mol. The van der Waals surface area contributed by atoms with E-state index in [1.165, 1.54) is 19.3 Å². The van der Waals surface area contributed by atoms with Crippen LogP contribution in [0.15, 0.2) is 30.3 Å². The van der Waals surface area contributed by atoms with Crippen molar-refractivity contribution >= 4 is 30.7 Å². The number of nitrogens with two attached hydrogens (primary N) is 1. The Kier molecular flexibility index (Phi) is 7.63. The number of amides is 1. The molecule has 1 saturated carbocycles. The second-order valence-electron chi connectivity index (χ2n) is 5.83. The topological polar surface area (TPSA) is 49.6 Å². The summed E-state index contributed by atoms with van der Waals surface area (Å²) in [6.45, 7) is 3.63. The van der Waals surface area contributed by atoms with Crippen LogP contribution in [0, 0.1) is 0 Å². The van der Waals surface area contributed by atoms with Crippen molar-refractivity contribution < 1.29 is 4.79 Å². The SMILES string of the molecule is Cl.Cl.NC(C(=O)N1CCN(C2CCC2)CC1)c1ccccc1. The van der Waals surface area contributed by atoms with Crippen molar-refractivity contribution in [1.82, 2.24) is 9.80 Å². The molecular formula is C16H25Cl2N3O. The van der Waals surface area contributed by atoms with Crippen LogP contribution in [0.2, 0.25) is 0 Å². The van der Waals surface area contributed by atoms with Crippen LogP contribution < -0.4 is 5.73 Å². The van der Waals surface area contributed by atoms with Crippen molar-refractivity contribution in [1.29, 1.82) is 0 Å². The van der Waals surface area contributed by atoms with E-state index in [9.17, 15) is 4.79 Å². The lowest BCUT2D eigenvalue weighted by Gasteiger charge is -2.43. The molecule has 22 heavy (non-hydrogen) atoms. The third-order valence-corrected chi connectivity index (χ3v) is 4.64. The molecule has 1 atom stereocenters. The fourth-order valence-electron chi connectivity index (χ4n) is 3.06. The highest BCUT2D eigenvalue weighted by Gasteiger charge is 2.31. The molecule has 0 aromatic heterocycles. The van der Waals surface area contributed by atoms with Crippen LogP contribution in [-0.2, 0) is 4.79 Å². The molecule has 124 valence electrons. The molecule has 1 unspecified atom stereocenters. The molecule has 4 nitrogen and oxygen atoms in total. The average Bonchev–Trinajstić information content (AvgIpc) is 2.46. The summed E-state index contributed by atoms with van der Waals surface area (Å²) >= 11 is 0. The Labute approximate surface area is 144 Å². The van der Waals surface area contributed by atoms with E-state index in [0.29, 0.717) is 0 Å². The summed E-state index contributed by atoms with van der Waals surface area (Å²) in [5.74, 6) is 0.0597. The van der Waals surface area contributed by atoms with Gasteiger partial charge in [0.2, 0.25) is 5.91 Å². The number of hydrogen-bond acceptors (Lipinski definition) is 3. The minimum Gasteiger partial charge on any atom is -0.338 e. The maximum Gasteiger partial charge on any atom is 0.244 e. The van der Waals surface area contributed by atoms with Crippen LogP contribution >= 0.6 is 24.8 Å². The first-order valence-electron chi connectivity index (χ1n) is 7.59. The highest BCUT2D eigenvalue weighted by atomic mass is 35.5. The normalized spacial score (nSPS) is 20.3. The van der Waals surface area contributed by atoms with E-state index < -0.39 is 6.04 Å². The fourth-order valence-corrected chi connectivity index (χ4v) is 3.06. The standard InChI is InChI=1S/C16H23N3O.2ClH/c17-15(13-5-2-1-3-6-13)16(20)19-11-9-18(10-12-19)14-7-4-8-14;;/h1-3,5-6,14-15H,4,7-12,17H2;2*1H. The van der Waals surface area contributed by atoms with Crippen molar-refractivity contribution in [3.8, 4) is 0 Å². The van der Waals surface area contributed by atoms with E-state index in [4.69, 9.17) is 5.73 Å². The Morgan fingerprint density at radius 1 is 1.05 bits per heavy atom. The van der Waals surface area contributed by atoms with Gasteiger partial charge in [0.15, 0.2) is 0 Å². The molecule has 1 aromatic rings. The second kappa shape index (κ2) is 8.73. The van der Waals surface area contributed by atoms with E-state index in [1.54, 1.807) is 0 Å². The van der Waals surface area contributed by atoms with Crippen molar-refractivity contribution in [2.75, 3.05) is 26.2 Å². The van der Waals surface area contributed by atoms with Gasteiger partial charge in [0.25, 0.3) is 0 Å². The minimum atomic E-state index is -0.522. The highest BCUT2D eigenvalue weighted by Crippen LogP contribution is 2.26. The molecule has 1 aromatic carbocycles. The predicted molar refractivity (Wildman–Crippen MR) is 93.7 cm³/mol. The zero-order valence-electron chi connectivity index (χ0n) is 12.7. The quantitative estimate of drug-likeness (QED) is 0.913. The van der Waals surface area contributed by atoms with Crippen molar-refractivity contribution in [3.63, 3.8) is 0 Å². The third-order valence-electron chi connectivity index (χ3n) is 4.64. The zero-order valence-corrected chi connectivity index (χ0v) is 14.3. The Morgan fingerprint density at radius 2 is 1.64 bits per heavy atom. The van der Waals surface area contributed by atoms with Gasteiger partial charge in [-0.2, -0.15) is 0 Å². The Balaban J connectivity index is 0.00000121. The second-order valence-corrected chi connectivity index (χ2v) is 5.83. The molecule has 1 aliphatic heterocycles. The van der Waals surface area contributed by atoms with Crippen molar-refractivity contribution in [2.45, 2.75) is 31.3 Å². The van der Waals surface area contributed by atoms with Gasteiger partial charge < -0.3 is 10.6 Å². The molecule has 1 aliphatic carbocycles. The maximum absolute atomic E-state index is 12.4. The van der Waals surface area contributed by atoms with Crippen LogP contribution in [0.4, 0.5) is 0 Å². The van der Waals surface area contributed by atoms with E-state index >= 15 is 0 Å². The molecule has 2 fully saturated rings. The van der Waals surface area contributed by atoms with Gasteiger partial charge in [-0.25, -0.2) is 0 Å². The number of carbonyl (C=O) groups is 1. The number of hydrogen-bond donors (Lipinski definition) is 1. The minimum absolute atomic E-state index is 0. The Morgan fingerprint density at radius 3 is 2.14 bits per heavy atom. The lowest BCUT2D eigenvalue weighted by molar-refractivity contribution is -0.135. The summed E-state index contributed by atoms with van der Waals surface area (Å²) < 4.78 is 0. The number of carbonyl (C=O) groups excluding carboxylic acids is 1. The number of rotatable bonds is 3. The van der Waals surface area contributed by atoms with E-state index in [-0.39, 0.29) is 30.7 Å². The zero-order chi connectivity index (χ0) is 13.9. The highest BCUT2D eigenvalue weighted by molar-refractivity contribution is 5.85. The summed E-state index contributed by atoms with van der Waals surface area (Å²) in [6, 6.07) is 9.90. The van der Waals surface area contributed by atoms with Gasteiger partial charge in [-0.05, 0) is 18.4 Å². The summed E-state index contributed by atoms with van der Waals surface area (Å²) in [6.07, 6.45) is 4.03. The van der Waals surface area contributed by atoms with E-state index in [2.05, 4.69) is 4.90 Å². The lowest BCUT2D eigenvalue weighted by Crippen LogP contribution is -2.54. The molecule has 1 saturated heterocycles. The van der Waals surface area contributed by atoms with Gasteiger partial charge in [-0.3, -0.25) is 9.69 Å². The largest absolute Gasteiger partial charge is 0.338 e. The number of nitrogens with zero attached hydrogens (tertiary/aromatic N) is 2. The summed E-state index contributed by atoms with van der Waals surface area (Å²) in [5, 5.41) is 0. The van der Waals surface area contributed by atoms with Crippen LogP contribution in [0.5, 0.6) is 0 Å². The van der Waals surface area contributed by atoms with Gasteiger partial charge in [0, 0.05) is 32.2 Å². The van der Waals surface area contributed by atoms with Crippen LogP contribution in [0.3, 0.4) is 0 Å². The molecule has 0 radical (unpaired) electrons. The van der Waals surface area contributed by atoms with Gasteiger partial charge in [-0.15, -0.1) is 24.8 Å². The molecule has 2 N–H and O–H groups in total. The van der Waals surface area contributed by atoms with Gasteiger partial charge >= 0.3 is 0 Å². The van der Waals surface area contributed by atoms with E-state index in [1.807, 2.05) is 35.2 Å². The van der Waals surface area contributed by atoms with Crippen LogP contribution in [0.25, 0.3) is 0 Å². The lowest BCUT2D eigenvalue weighted by atomic mass is 9.91. The van der Waals surface area contributed by atoms with Crippen LogP contribution in [0.1, 0.15) is 30.9 Å². The molecular weight excluding hydrogens is 321 g/mol. The molecule has 3 rings (SSSR count). The Bertz CT molecular complexity index is 460. The molecule has 1 amide bonds. The van der Waals surface area contributed by atoms with Gasteiger partial charge in [0.1, 0.15) is 6.04 Å². The first kappa shape index (κ1) is 19.2. The molecule has 1 heterocycles. The number of halogens is 2. The molecule has 0 bridgehead atoms. The summed E-state index contributed by atoms with van der Waals surface area (Å²) in [4.78, 5) is 16.9. The van der Waals surface area contributed by atoms with Gasteiger partial charge in [-0.1, -0.05) is 36.8 Å². The third kappa shape index (κ3) is 4.13. The van der Waals surface area contributed by atoms with Gasteiger partial charge in [0.05, 0.1) is 0 Å². The first-order valence-corrected chi connectivity index (χ1v) is 7.59. The predicted octanol–water partition coefficient (Wildman–Crippen LogP) is 2.23. The molecule has 2 aliphatic rings. The fraction of sp³-hybridized carbons (Fsp3) is 0.562. The van der Waals surface area contributed by atoms with Crippen LogP contribution in [-0.4, -0.2) is 47.9 Å². The summed E-state index contributed by atoms with van der Waals surface area (Å²) in [5.41, 5.74) is 7.00. The number of piperazine rings is 1. The first-order chi connectivity index (χ1) is 9.75. The smallest absolute Gasteiger partial charge is 0.244 e. The molecule has 0 spiro atoms. The van der Waals surface area contributed by atoms with Crippen molar-refractivity contribution in [3.05, 3.63) is 35.9 Å². The molecule has 6 heteroatoms. The Hall–Kier alpha value is -0.810. The van der Waals surface area contributed by atoms with E-state index in [0.717, 1.165) is 37.8 Å². The average molecular weight is 346 g/mol. The number of benzene rings is 1.